The number of nitrogens with one attached hydrogen (secondary N) is 1. The van der Waals surface area contributed by atoms with Gasteiger partial charge in [0.2, 0.25) is 0 Å². The summed E-state index contributed by atoms with van der Waals surface area (Å²) in [7, 11) is 0. The smallest absolute Gasteiger partial charge is 0.0578 e. The summed E-state index contributed by atoms with van der Waals surface area (Å²) in [6.45, 7) is 9.48. The first-order chi connectivity index (χ1) is 8.06. The molecule has 0 spiro atoms. The zero-order valence-corrected chi connectivity index (χ0v) is 11.4. The summed E-state index contributed by atoms with van der Waals surface area (Å²) in [5.41, 5.74) is 1.60. The van der Waals surface area contributed by atoms with Gasteiger partial charge >= 0.3 is 0 Å². The Morgan fingerprint density at radius 1 is 1.24 bits per heavy atom. The van der Waals surface area contributed by atoms with Crippen molar-refractivity contribution in [3.8, 4) is 11.8 Å². The predicted molar refractivity (Wildman–Crippen MR) is 75.0 cm³/mol. The van der Waals surface area contributed by atoms with Crippen molar-refractivity contribution in [2.75, 3.05) is 6.54 Å². The molecule has 0 aromatic heterocycles. The molecule has 0 amide bonds. The fourth-order valence-corrected chi connectivity index (χ4v) is 2.16. The lowest BCUT2D eigenvalue weighted by Crippen LogP contribution is -2.33. The fraction of sp³-hybridized carbons (Fsp3) is 0.500. The Morgan fingerprint density at radius 3 is 2.47 bits per heavy atom. The van der Waals surface area contributed by atoms with Crippen molar-refractivity contribution in [3.63, 3.8) is 0 Å². The minimum Gasteiger partial charge on any atom is -0.304 e. The maximum Gasteiger partial charge on any atom is 0.0578 e. The first-order valence-corrected chi connectivity index (χ1v) is 6.25. The third-order valence-electron chi connectivity index (χ3n) is 3.09. The quantitative estimate of drug-likeness (QED) is 0.763. The van der Waals surface area contributed by atoms with Crippen LogP contribution in [0.15, 0.2) is 30.3 Å². The van der Waals surface area contributed by atoms with Gasteiger partial charge in [0, 0.05) is 6.04 Å². The van der Waals surface area contributed by atoms with Crippen LogP contribution in [0.1, 0.15) is 39.7 Å². The highest BCUT2D eigenvalue weighted by Crippen LogP contribution is 2.27. The molecule has 17 heavy (non-hydrogen) atoms. The molecule has 1 aromatic rings. The first-order valence-electron chi connectivity index (χ1n) is 6.25. The monoisotopic (exact) mass is 229 g/mol. The summed E-state index contributed by atoms with van der Waals surface area (Å²) in [6.07, 6.45) is 1.11. The largest absolute Gasteiger partial charge is 0.304 e. The molecule has 0 bridgehead atoms. The van der Waals surface area contributed by atoms with E-state index in [2.05, 4.69) is 68.3 Å². The van der Waals surface area contributed by atoms with Crippen molar-refractivity contribution in [1.82, 2.24) is 5.32 Å². The van der Waals surface area contributed by atoms with Gasteiger partial charge in [-0.15, -0.1) is 5.92 Å². The van der Waals surface area contributed by atoms with Crippen molar-refractivity contribution in [2.45, 2.75) is 45.6 Å². The van der Waals surface area contributed by atoms with E-state index in [1.54, 1.807) is 0 Å². The van der Waals surface area contributed by atoms with Gasteiger partial charge in [-0.05, 0) is 31.2 Å². The zero-order chi connectivity index (χ0) is 12.7. The van der Waals surface area contributed by atoms with Crippen LogP contribution < -0.4 is 5.32 Å². The molecule has 0 saturated carbocycles. The molecule has 0 fully saturated rings. The van der Waals surface area contributed by atoms with Gasteiger partial charge < -0.3 is 5.32 Å². The second kappa shape index (κ2) is 6.47. The molecular weight excluding hydrogens is 206 g/mol. The van der Waals surface area contributed by atoms with E-state index in [-0.39, 0.29) is 5.41 Å². The molecule has 1 N–H and O–H groups in total. The van der Waals surface area contributed by atoms with Gasteiger partial charge in [-0.3, -0.25) is 0 Å². The SMILES string of the molecule is CC#CCNC(C)CC(C)(C)c1ccccc1. The van der Waals surface area contributed by atoms with Crippen LogP contribution in [0.3, 0.4) is 0 Å². The topological polar surface area (TPSA) is 12.0 Å². The molecule has 0 aliphatic carbocycles. The molecule has 0 radical (unpaired) electrons. The average molecular weight is 229 g/mol. The molecule has 1 unspecified atom stereocenters. The van der Waals surface area contributed by atoms with Gasteiger partial charge in [-0.25, -0.2) is 0 Å². The highest BCUT2D eigenvalue weighted by molar-refractivity contribution is 5.23. The van der Waals surface area contributed by atoms with Gasteiger partial charge in [-0.2, -0.15) is 0 Å². The molecule has 92 valence electrons. The fourth-order valence-electron chi connectivity index (χ4n) is 2.16. The van der Waals surface area contributed by atoms with Crippen LogP contribution >= 0.6 is 0 Å². The van der Waals surface area contributed by atoms with Crippen LogP contribution in [-0.2, 0) is 5.41 Å². The van der Waals surface area contributed by atoms with Crippen LogP contribution in [0.25, 0.3) is 0 Å². The lowest BCUT2D eigenvalue weighted by atomic mass is 9.79. The van der Waals surface area contributed by atoms with Crippen molar-refractivity contribution in [1.29, 1.82) is 0 Å². The lowest BCUT2D eigenvalue weighted by molar-refractivity contribution is 0.399. The summed E-state index contributed by atoms with van der Waals surface area (Å²) in [4.78, 5) is 0. The normalized spacial score (nSPS) is 12.7. The zero-order valence-electron chi connectivity index (χ0n) is 11.4. The van der Waals surface area contributed by atoms with Crippen LogP contribution in [0.4, 0.5) is 0 Å². The minimum absolute atomic E-state index is 0.202. The van der Waals surface area contributed by atoms with E-state index in [1.807, 2.05) is 6.92 Å². The predicted octanol–water partition coefficient (Wildman–Crippen LogP) is 3.36. The minimum atomic E-state index is 0.202. The molecular formula is C16H23N. The third kappa shape index (κ3) is 4.63. The Kier molecular flexibility index (Phi) is 5.25. The van der Waals surface area contributed by atoms with Gasteiger partial charge in [0.1, 0.15) is 0 Å². The Bertz CT molecular complexity index is 381. The van der Waals surface area contributed by atoms with E-state index in [9.17, 15) is 0 Å². The van der Waals surface area contributed by atoms with Gasteiger partial charge in [0.15, 0.2) is 0 Å². The maximum atomic E-state index is 3.44. The molecule has 0 saturated heterocycles. The van der Waals surface area contributed by atoms with Gasteiger partial charge in [0.25, 0.3) is 0 Å². The van der Waals surface area contributed by atoms with Crippen molar-refractivity contribution >= 4 is 0 Å². The Balaban J connectivity index is 2.56. The molecule has 0 aliphatic heterocycles. The van der Waals surface area contributed by atoms with Crippen molar-refractivity contribution < 1.29 is 0 Å². The summed E-state index contributed by atoms with van der Waals surface area (Å²) < 4.78 is 0. The second-order valence-electron chi connectivity index (χ2n) is 5.16. The molecule has 0 heterocycles. The van der Waals surface area contributed by atoms with E-state index in [4.69, 9.17) is 0 Å². The van der Waals surface area contributed by atoms with Crippen molar-refractivity contribution in [2.24, 2.45) is 0 Å². The molecule has 1 rings (SSSR count). The van der Waals surface area contributed by atoms with E-state index in [0.717, 1.165) is 13.0 Å². The molecule has 0 aliphatic rings. The van der Waals surface area contributed by atoms with Gasteiger partial charge in [-0.1, -0.05) is 50.1 Å². The van der Waals surface area contributed by atoms with E-state index < -0.39 is 0 Å². The first kappa shape index (κ1) is 13.8. The number of benzene rings is 1. The highest BCUT2D eigenvalue weighted by atomic mass is 14.9. The van der Waals surface area contributed by atoms with E-state index in [0.29, 0.717) is 6.04 Å². The second-order valence-corrected chi connectivity index (χ2v) is 5.16. The molecule has 1 nitrogen and oxygen atoms in total. The number of hydrogen-bond donors (Lipinski definition) is 1. The Labute approximate surface area is 106 Å². The van der Waals surface area contributed by atoms with E-state index >= 15 is 0 Å². The molecule has 1 aromatic carbocycles. The highest BCUT2D eigenvalue weighted by Gasteiger charge is 2.22. The molecule has 1 heteroatoms. The summed E-state index contributed by atoms with van der Waals surface area (Å²) in [6, 6.07) is 11.2. The van der Waals surface area contributed by atoms with E-state index in [1.165, 1.54) is 5.56 Å². The van der Waals surface area contributed by atoms with Crippen LogP contribution in [-0.4, -0.2) is 12.6 Å². The standard InChI is InChI=1S/C16H23N/c1-5-6-12-17-14(2)13-16(3,4)15-10-8-7-9-11-15/h7-11,14,17H,12-13H2,1-4H3. The van der Waals surface area contributed by atoms with Crippen LogP contribution in [0.5, 0.6) is 0 Å². The average Bonchev–Trinajstić information content (AvgIpc) is 2.30. The number of hydrogen-bond acceptors (Lipinski definition) is 1. The lowest BCUT2D eigenvalue weighted by Gasteiger charge is -2.29. The summed E-state index contributed by atoms with van der Waals surface area (Å²) in [5.74, 6) is 5.95. The van der Waals surface area contributed by atoms with Crippen LogP contribution in [0, 0.1) is 11.8 Å². The number of rotatable bonds is 5. The van der Waals surface area contributed by atoms with Crippen molar-refractivity contribution in [3.05, 3.63) is 35.9 Å². The Morgan fingerprint density at radius 2 is 1.88 bits per heavy atom. The maximum absolute atomic E-state index is 3.44. The third-order valence-corrected chi connectivity index (χ3v) is 3.09. The van der Waals surface area contributed by atoms with Crippen LogP contribution in [0.2, 0.25) is 0 Å². The summed E-state index contributed by atoms with van der Waals surface area (Å²) in [5, 5.41) is 3.44. The van der Waals surface area contributed by atoms with Gasteiger partial charge in [0.05, 0.1) is 6.54 Å². The summed E-state index contributed by atoms with van der Waals surface area (Å²) >= 11 is 0. The Hall–Kier alpha value is -1.26. The molecule has 1 atom stereocenters.